The van der Waals surface area contributed by atoms with Gasteiger partial charge in [-0.15, -0.1) is 0 Å². The Kier molecular flexibility index (Phi) is 9.76. The predicted molar refractivity (Wildman–Crippen MR) is 101 cm³/mol. The lowest BCUT2D eigenvalue weighted by Gasteiger charge is -2.39. The molecule has 0 nitrogen and oxygen atoms in total. The monoisotopic (exact) mass is 308 g/mol. The molecule has 0 heteroatoms. The molecule has 2 aliphatic carbocycles. The topological polar surface area (TPSA) is 0 Å². The Morgan fingerprint density at radius 2 is 1.14 bits per heavy atom. The molecule has 0 N–H and O–H groups in total. The van der Waals surface area contributed by atoms with Gasteiger partial charge in [0.1, 0.15) is 0 Å². The molecule has 0 aromatic heterocycles. The van der Waals surface area contributed by atoms with Crippen LogP contribution in [0.3, 0.4) is 0 Å². The average Bonchev–Trinajstić information content (AvgIpc) is 2.55. The fourth-order valence-electron chi connectivity index (χ4n) is 4.77. The van der Waals surface area contributed by atoms with Gasteiger partial charge in [0, 0.05) is 0 Å². The summed E-state index contributed by atoms with van der Waals surface area (Å²) in [5.41, 5.74) is 0. The zero-order valence-corrected chi connectivity index (χ0v) is 16.5. The first kappa shape index (κ1) is 20.0. The molecule has 0 amide bonds. The molecular formula is C22H44. The van der Waals surface area contributed by atoms with E-state index in [-0.39, 0.29) is 0 Å². The van der Waals surface area contributed by atoms with Gasteiger partial charge in [-0.1, -0.05) is 67.2 Å². The maximum atomic E-state index is 2.52. The van der Waals surface area contributed by atoms with Crippen molar-refractivity contribution in [3.05, 3.63) is 0 Å². The Morgan fingerprint density at radius 3 is 1.59 bits per heavy atom. The highest BCUT2D eigenvalue weighted by atomic mass is 14.4. The van der Waals surface area contributed by atoms with E-state index in [9.17, 15) is 0 Å². The Morgan fingerprint density at radius 1 is 0.682 bits per heavy atom. The molecule has 0 aromatic rings. The Balaban J connectivity index is 0.00000116. The van der Waals surface area contributed by atoms with Gasteiger partial charge in [0.15, 0.2) is 0 Å². The third-order valence-electron chi connectivity index (χ3n) is 6.55. The second kappa shape index (κ2) is 10.7. The fraction of sp³-hybridized carbons (Fsp3) is 1.00. The van der Waals surface area contributed by atoms with Crippen molar-refractivity contribution in [2.24, 2.45) is 35.5 Å². The summed E-state index contributed by atoms with van der Waals surface area (Å²) in [6.45, 7) is 13.7. The van der Waals surface area contributed by atoms with Gasteiger partial charge in [-0.2, -0.15) is 0 Å². The van der Waals surface area contributed by atoms with Crippen molar-refractivity contribution in [2.45, 2.75) is 106 Å². The largest absolute Gasteiger partial charge is 0.0683 e. The van der Waals surface area contributed by atoms with Crippen LogP contribution in [0.1, 0.15) is 106 Å². The smallest absolute Gasteiger partial charge is 0.0386 e. The second-order valence-electron chi connectivity index (χ2n) is 8.64. The van der Waals surface area contributed by atoms with Crippen molar-refractivity contribution in [2.75, 3.05) is 0 Å². The molecule has 0 aromatic carbocycles. The maximum absolute atomic E-state index is 2.52. The highest BCUT2D eigenvalue weighted by Crippen LogP contribution is 2.43. The van der Waals surface area contributed by atoms with Crippen LogP contribution < -0.4 is 0 Å². The van der Waals surface area contributed by atoms with Gasteiger partial charge in [-0.05, 0) is 74.0 Å². The third-order valence-corrected chi connectivity index (χ3v) is 6.55. The molecular weight excluding hydrogens is 264 g/mol. The third kappa shape index (κ3) is 6.63. The fourth-order valence-corrected chi connectivity index (χ4v) is 4.77. The molecule has 0 saturated heterocycles. The standard InChI is InChI=1S/C20H38.C2H6/c1-15(2)5-8-17(4)18-11-13-20(14-12-18)19-9-6-16(3)7-10-19;1-2/h15-20H,5-14H2,1-4H3;1-2H3. The zero-order valence-electron chi connectivity index (χ0n) is 16.5. The summed E-state index contributed by atoms with van der Waals surface area (Å²) in [5.74, 6) is 6.11. The summed E-state index contributed by atoms with van der Waals surface area (Å²) >= 11 is 0. The molecule has 0 heterocycles. The van der Waals surface area contributed by atoms with E-state index in [0.717, 1.165) is 35.5 Å². The molecule has 0 spiro atoms. The first-order valence-electron chi connectivity index (χ1n) is 10.6. The Labute approximate surface area is 141 Å². The van der Waals surface area contributed by atoms with Crippen LogP contribution >= 0.6 is 0 Å². The molecule has 2 saturated carbocycles. The quantitative estimate of drug-likeness (QED) is 0.487. The summed E-state index contributed by atoms with van der Waals surface area (Å²) in [7, 11) is 0. The summed E-state index contributed by atoms with van der Waals surface area (Å²) in [6.07, 6.45) is 15.2. The second-order valence-corrected chi connectivity index (χ2v) is 8.64. The minimum absolute atomic E-state index is 0.887. The van der Waals surface area contributed by atoms with Gasteiger partial charge in [-0.25, -0.2) is 0 Å². The van der Waals surface area contributed by atoms with E-state index in [2.05, 4.69) is 27.7 Å². The van der Waals surface area contributed by atoms with E-state index in [1.165, 1.54) is 38.5 Å². The molecule has 1 atom stereocenters. The first-order chi connectivity index (χ1) is 10.6. The molecule has 0 bridgehead atoms. The van der Waals surface area contributed by atoms with Crippen LogP contribution in [0.15, 0.2) is 0 Å². The van der Waals surface area contributed by atoms with Crippen molar-refractivity contribution in [3.63, 3.8) is 0 Å². The van der Waals surface area contributed by atoms with E-state index in [0.29, 0.717) is 0 Å². The molecule has 1 unspecified atom stereocenters. The van der Waals surface area contributed by atoms with Crippen LogP contribution in [0.4, 0.5) is 0 Å². The highest BCUT2D eigenvalue weighted by Gasteiger charge is 2.31. The molecule has 2 aliphatic rings. The molecule has 2 fully saturated rings. The van der Waals surface area contributed by atoms with Crippen LogP contribution in [0.2, 0.25) is 0 Å². The maximum Gasteiger partial charge on any atom is -0.0386 e. The lowest BCUT2D eigenvalue weighted by Crippen LogP contribution is -2.27. The predicted octanol–water partition coefficient (Wildman–Crippen LogP) is 7.72. The van der Waals surface area contributed by atoms with Crippen LogP contribution in [0.5, 0.6) is 0 Å². The van der Waals surface area contributed by atoms with E-state index in [1.54, 1.807) is 25.7 Å². The highest BCUT2D eigenvalue weighted by molar-refractivity contribution is 4.82. The van der Waals surface area contributed by atoms with E-state index in [1.807, 2.05) is 13.8 Å². The van der Waals surface area contributed by atoms with Gasteiger partial charge in [0.05, 0.1) is 0 Å². The van der Waals surface area contributed by atoms with E-state index < -0.39 is 0 Å². The van der Waals surface area contributed by atoms with Crippen molar-refractivity contribution in [3.8, 4) is 0 Å². The number of hydrogen-bond donors (Lipinski definition) is 0. The van der Waals surface area contributed by atoms with Crippen LogP contribution in [-0.4, -0.2) is 0 Å². The lowest BCUT2D eigenvalue weighted by atomic mass is 9.67. The Bertz CT molecular complexity index is 251. The van der Waals surface area contributed by atoms with Crippen molar-refractivity contribution in [1.82, 2.24) is 0 Å². The zero-order chi connectivity index (χ0) is 16.5. The summed E-state index contributed by atoms with van der Waals surface area (Å²) < 4.78 is 0. The van der Waals surface area contributed by atoms with Gasteiger partial charge >= 0.3 is 0 Å². The minimum Gasteiger partial charge on any atom is -0.0683 e. The first-order valence-corrected chi connectivity index (χ1v) is 10.6. The molecule has 132 valence electrons. The molecule has 2 rings (SSSR count). The van der Waals surface area contributed by atoms with Crippen LogP contribution in [0.25, 0.3) is 0 Å². The van der Waals surface area contributed by atoms with Crippen LogP contribution in [-0.2, 0) is 0 Å². The van der Waals surface area contributed by atoms with Crippen molar-refractivity contribution >= 4 is 0 Å². The lowest BCUT2D eigenvalue weighted by molar-refractivity contribution is 0.128. The van der Waals surface area contributed by atoms with E-state index >= 15 is 0 Å². The van der Waals surface area contributed by atoms with Crippen molar-refractivity contribution < 1.29 is 0 Å². The van der Waals surface area contributed by atoms with Crippen LogP contribution in [0, 0.1) is 35.5 Å². The summed E-state index contributed by atoms with van der Waals surface area (Å²) in [4.78, 5) is 0. The van der Waals surface area contributed by atoms with E-state index in [4.69, 9.17) is 0 Å². The van der Waals surface area contributed by atoms with Gasteiger partial charge in [-0.3, -0.25) is 0 Å². The number of hydrogen-bond acceptors (Lipinski definition) is 0. The summed E-state index contributed by atoms with van der Waals surface area (Å²) in [5, 5.41) is 0. The SMILES string of the molecule is CC.CC(C)CCC(C)C1CCC(C2CCC(C)CC2)CC1. The minimum atomic E-state index is 0.887. The van der Waals surface area contributed by atoms with Gasteiger partial charge in [0.2, 0.25) is 0 Å². The Hall–Kier alpha value is 0. The summed E-state index contributed by atoms with van der Waals surface area (Å²) in [6, 6.07) is 0. The normalized spacial score (nSPS) is 34.0. The molecule has 22 heavy (non-hydrogen) atoms. The molecule has 0 aliphatic heterocycles. The van der Waals surface area contributed by atoms with Gasteiger partial charge in [0.25, 0.3) is 0 Å². The average molecular weight is 309 g/mol. The number of rotatable bonds is 5. The van der Waals surface area contributed by atoms with Crippen molar-refractivity contribution in [1.29, 1.82) is 0 Å². The van der Waals surface area contributed by atoms with Gasteiger partial charge < -0.3 is 0 Å². The molecule has 0 radical (unpaired) electrons.